The SMILES string of the molecule is COc1cc(/C=C2/SC(=O)N(c3cccc(Cl)c3)C2=O)ccc1Oc1ccc([N+](=O)[O-])cn1. The van der Waals surface area contributed by atoms with Crippen LogP contribution < -0.4 is 14.4 Å². The van der Waals surface area contributed by atoms with Crippen LogP contribution in [-0.4, -0.2) is 28.2 Å². The van der Waals surface area contributed by atoms with Crippen molar-refractivity contribution in [3.63, 3.8) is 0 Å². The van der Waals surface area contributed by atoms with Crippen molar-refractivity contribution >= 4 is 52.0 Å². The monoisotopic (exact) mass is 483 g/mol. The Bertz CT molecular complexity index is 1300. The van der Waals surface area contributed by atoms with Gasteiger partial charge in [0.2, 0.25) is 5.88 Å². The van der Waals surface area contributed by atoms with E-state index in [4.69, 9.17) is 21.1 Å². The molecule has 0 spiro atoms. The molecule has 1 aliphatic rings. The molecule has 33 heavy (non-hydrogen) atoms. The Labute approximate surface area is 196 Å². The van der Waals surface area contributed by atoms with Crippen molar-refractivity contribution < 1.29 is 24.0 Å². The van der Waals surface area contributed by atoms with Gasteiger partial charge in [0, 0.05) is 17.2 Å². The summed E-state index contributed by atoms with van der Waals surface area (Å²) in [6.45, 7) is 0. The number of imide groups is 1. The summed E-state index contributed by atoms with van der Waals surface area (Å²) in [4.78, 5) is 40.7. The van der Waals surface area contributed by atoms with E-state index in [1.165, 1.54) is 19.2 Å². The first-order valence-electron chi connectivity index (χ1n) is 9.35. The maximum Gasteiger partial charge on any atom is 0.298 e. The highest BCUT2D eigenvalue weighted by molar-refractivity contribution is 8.19. The first-order chi connectivity index (χ1) is 15.9. The number of carbonyl (C=O) groups excluding carboxylic acids is 2. The van der Waals surface area contributed by atoms with Gasteiger partial charge in [-0.2, -0.15) is 0 Å². The van der Waals surface area contributed by atoms with E-state index < -0.39 is 16.1 Å². The highest BCUT2D eigenvalue weighted by Gasteiger charge is 2.36. The number of benzene rings is 2. The lowest BCUT2D eigenvalue weighted by Crippen LogP contribution is -2.27. The van der Waals surface area contributed by atoms with Crippen LogP contribution in [0.15, 0.2) is 65.7 Å². The number of carbonyl (C=O) groups is 2. The Morgan fingerprint density at radius 1 is 1.12 bits per heavy atom. The maximum absolute atomic E-state index is 12.8. The van der Waals surface area contributed by atoms with E-state index in [2.05, 4.69) is 4.98 Å². The second-order valence-corrected chi connectivity index (χ2v) is 8.05. The van der Waals surface area contributed by atoms with Gasteiger partial charge >= 0.3 is 0 Å². The molecule has 0 atom stereocenters. The van der Waals surface area contributed by atoms with E-state index in [1.807, 2.05) is 0 Å². The molecule has 4 rings (SSSR count). The molecule has 166 valence electrons. The minimum atomic E-state index is -0.555. The predicted octanol–water partition coefficient (Wildman–Crippen LogP) is 5.69. The number of methoxy groups -OCH3 is 1. The molecule has 3 aromatic rings. The Kier molecular flexibility index (Phi) is 6.29. The Balaban J connectivity index is 1.57. The molecule has 1 saturated heterocycles. The number of anilines is 1. The molecule has 2 amide bonds. The number of thioether (sulfide) groups is 1. The summed E-state index contributed by atoms with van der Waals surface area (Å²) in [5, 5.41) is 10.7. The number of hydrogen-bond donors (Lipinski definition) is 0. The van der Waals surface area contributed by atoms with E-state index >= 15 is 0 Å². The van der Waals surface area contributed by atoms with E-state index in [9.17, 15) is 19.7 Å². The average Bonchev–Trinajstić information content (AvgIpc) is 3.07. The Morgan fingerprint density at radius 2 is 1.94 bits per heavy atom. The third-order valence-electron chi connectivity index (χ3n) is 4.49. The third-order valence-corrected chi connectivity index (χ3v) is 5.60. The topological polar surface area (TPSA) is 112 Å². The fourth-order valence-corrected chi connectivity index (χ4v) is 3.99. The van der Waals surface area contributed by atoms with Crippen LogP contribution >= 0.6 is 23.4 Å². The first kappa shape index (κ1) is 22.3. The molecule has 0 bridgehead atoms. The summed E-state index contributed by atoms with van der Waals surface area (Å²) in [7, 11) is 1.45. The Morgan fingerprint density at radius 3 is 2.61 bits per heavy atom. The van der Waals surface area contributed by atoms with Crippen LogP contribution in [0.1, 0.15) is 5.56 Å². The normalized spacial score (nSPS) is 14.6. The van der Waals surface area contributed by atoms with Crippen LogP contribution in [0.4, 0.5) is 16.2 Å². The fourth-order valence-electron chi connectivity index (χ4n) is 2.97. The van der Waals surface area contributed by atoms with E-state index in [1.54, 1.807) is 48.5 Å². The largest absolute Gasteiger partial charge is 0.493 e. The Hall–Kier alpha value is -3.89. The molecule has 1 fully saturated rings. The average molecular weight is 484 g/mol. The van der Waals surface area contributed by atoms with Crippen molar-refractivity contribution in [2.75, 3.05) is 12.0 Å². The molecule has 0 radical (unpaired) electrons. The van der Waals surface area contributed by atoms with Gasteiger partial charge in [0.25, 0.3) is 16.8 Å². The van der Waals surface area contributed by atoms with Crippen molar-refractivity contribution in [3.05, 3.63) is 86.4 Å². The first-order valence-corrected chi connectivity index (χ1v) is 10.5. The standard InChI is InChI=1S/C22H14ClN3O6S/c1-31-18-9-13(5-7-17(18)32-20-8-6-16(12-24-20)26(29)30)10-19-21(27)25(22(28)33-19)15-4-2-3-14(23)11-15/h2-12H,1H3/b19-10+. The van der Waals surface area contributed by atoms with Crippen LogP contribution in [-0.2, 0) is 4.79 Å². The number of nitrogens with zero attached hydrogens (tertiary/aromatic N) is 3. The van der Waals surface area contributed by atoms with Crippen LogP contribution in [0.2, 0.25) is 5.02 Å². The van der Waals surface area contributed by atoms with Gasteiger partial charge in [-0.3, -0.25) is 19.7 Å². The molecular formula is C22H14ClN3O6S. The number of hydrogen-bond acceptors (Lipinski definition) is 8. The lowest BCUT2D eigenvalue weighted by Gasteiger charge is -2.12. The quantitative estimate of drug-likeness (QED) is 0.250. The molecule has 0 N–H and O–H groups in total. The van der Waals surface area contributed by atoms with Gasteiger partial charge in [-0.25, -0.2) is 9.88 Å². The summed E-state index contributed by atoms with van der Waals surface area (Å²) < 4.78 is 11.0. The highest BCUT2D eigenvalue weighted by atomic mass is 35.5. The van der Waals surface area contributed by atoms with Gasteiger partial charge in [0.05, 0.1) is 22.6 Å². The van der Waals surface area contributed by atoms with Crippen molar-refractivity contribution in [2.24, 2.45) is 0 Å². The van der Waals surface area contributed by atoms with Crippen molar-refractivity contribution in [2.45, 2.75) is 0 Å². The number of halogens is 1. The van der Waals surface area contributed by atoms with Crippen LogP contribution in [0.25, 0.3) is 6.08 Å². The molecule has 1 aliphatic heterocycles. The number of pyridine rings is 1. The number of nitro groups is 1. The lowest BCUT2D eigenvalue weighted by atomic mass is 10.2. The van der Waals surface area contributed by atoms with Gasteiger partial charge in [-0.1, -0.05) is 23.7 Å². The molecule has 0 aliphatic carbocycles. The van der Waals surface area contributed by atoms with Crippen LogP contribution in [0.3, 0.4) is 0 Å². The van der Waals surface area contributed by atoms with Crippen molar-refractivity contribution in [3.8, 4) is 17.4 Å². The second-order valence-electron chi connectivity index (χ2n) is 6.62. The molecule has 0 unspecified atom stereocenters. The summed E-state index contributed by atoms with van der Waals surface area (Å²) in [6, 6.07) is 14.1. The number of aromatic nitrogens is 1. The molecule has 1 aromatic heterocycles. The van der Waals surface area contributed by atoms with Gasteiger partial charge in [-0.05, 0) is 53.7 Å². The minimum absolute atomic E-state index is 0.147. The lowest BCUT2D eigenvalue weighted by molar-refractivity contribution is -0.385. The second kappa shape index (κ2) is 9.31. The maximum atomic E-state index is 12.8. The van der Waals surface area contributed by atoms with E-state index in [0.29, 0.717) is 27.8 Å². The third kappa shape index (κ3) is 4.81. The fraction of sp³-hybridized carbons (Fsp3) is 0.0455. The molecule has 9 nitrogen and oxygen atoms in total. The zero-order chi connectivity index (χ0) is 23.5. The van der Waals surface area contributed by atoms with Gasteiger partial charge in [0.1, 0.15) is 6.20 Å². The number of ether oxygens (including phenoxy) is 2. The molecule has 2 aromatic carbocycles. The van der Waals surface area contributed by atoms with E-state index in [0.717, 1.165) is 22.9 Å². The summed E-state index contributed by atoms with van der Waals surface area (Å²) in [5.74, 6) is 0.358. The zero-order valence-corrected chi connectivity index (χ0v) is 18.5. The summed E-state index contributed by atoms with van der Waals surface area (Å²) in [5.41, 5.74) is 0.842. The van der Waals surface area contributed by atoms with Gasteiger partial charge in [-0.15, -0.1) is 0 Å². The minimum Gasteiger partial charge on any atom is -0.493 e. The van der Waals surface area contributed by atoms with Gasteiger partial charge in [0.15, 0.2) is 11.5 Å². The summed E-state index contributed by atoms with van der Waals surface area (Å²) in [6.07, 6.45) is 2.66. The summed E-state index contributed by atoms with van der Waals surface area (Å²) >= 11 is 6.80. The van der Waals surface area contributed by atoms with Crippen molar-refractivity contribution in [1.82, 2.24) is 4.98 Å². The van der Waals surface area contributed by atoms with Gasteiger partial charge < -0.3 is 9.47 Å². The predicted molar refractivity (Wildman–Crippen MR) is 124 cm³/mol. The van der Waals surface area contributed by atoms with Crippen LogP contribution in [0, 0.1) is 10.1 Å². The van der Waals surface area contributed by atoms with E-state index in [-0.39, 0.29) is 16.5 Å². The zero-order valence-electron chi connectivity index (χ0n) is 16.9. The molecule has 0 saturated carbocycles. The molecule has 2 heterocycles. The molecule has 11 heteroatoms. The number of amides is 2. The smallest absolute Gasteiger partial charge is 0.298 e. The highest BCUT2D eigenvalue weighted by Crippen LogP contribution is 2.38. The van der Waals surface area contributed by atoms with Crippen LogP contribution in [0.5, 0.6) is 17.4 Å². The number of rotatable bonds is 6. The molecular weight excluding hydrogens is 470 g/mol. The van der Waals surface area contributed by atoms with Crippen molar-refractivity contribution in [1.29, 1.82) is 0 Å².